The summed E-state index contributed by atoms with van der Waals surface area (Å²) in [5, 5.41) is 0. The topological polar surface area (TPSA) is 9.23 Å². The van der Waals surface area contributed by atoms with Crippen LogP contribution in [0.25, 0.3) is 0 Å². The summed E-state index contributed by atoms with van der Waals surface area (Å²) in [6, 6.07) is 5.82. The zero-order chi connectivity index (χ0) is 8.27. The van der Waals surface area contributed by atoms with Gasteiger partial charge in [-0.15, -0.1) is 0 Å². The summed E-state index contributed by atoms with van der Waals surface area (Å²) in [5.41, 5.74) is 2.09. The summed E-state index contributed by atoms with van der Waals surface area (Å²) >= 11 is 0. The predicted octanol–water partition coefficient (Wildman–Crippen LogP) is 2.34. The van der Waals surface area contributed by atoms with Crippen LogP contribution in [-0.4, -0.2) is 7.11 Å². The largest absolute Gasteiger partial charge is 0.496 e. The molecule has 0 amide bonds. The Hall–Kier alpha value is -1.24. The Balaban J connectivity index is 3.20. The quantitative estimate of drug-likeness (QED) is 0.624. The molecule has 0 saturated heterocycles. The SMILES string of the molecule is C=[C]c1cccc(OC)c1C. The Kier molecular flexibility index (Phi) is 2.32. The van der Waals surface area contributed by atoms with Gasteiger partial charge < -0.3 is 4.74 Å². The Morgan fingerprint density at radius 3 is 2.73 bits per heavy atom. The molecule has 1 aromatic rings. The van der Waals surface area contributed by atoms with E-state index in [4.69, 9.17) is 4.74 Å². The van der Waals surface area contributed by atoms with Crippen LogP contribution >= 0.6 is 0 Å². The number of ether oxygens (including phenoxy) is 1. The molecular formula is C10H11O. The van der Waals surface area contributed by atoms with E-state index in [0.717, 1.165) is 16.9 Å². The Bertz CT molecular complexity index is 264. The Morgan fingerprint density at radius 2 is 2.18 bits per heavy atom. The molecule has 1 aromatic carbocycles. The van der Waals surface area contributed by atoms with E-state index in [1.54, 1.807) is 7.11 Å². The van der Waals surface area contributed by atoms with E-state index in [2.05, 4.69) is 12.7 Å². The molecule has 0 aliphatic carbocycles. The van der Waals surface area contributed by atoms with Crippen LogP contribution in [0.2, 0.25) is 0 Å². The van der Waals surface area contributed by atoms with Gasteiger partial charge in [0.25, 0.3) is 0 Å². The van der Waals surface area contributed by atoms with Crippen LogP contribution in [0, 0.1) is 13.0 Å². The fraction of sp³-hybridized carbons (Fsp3) is 0.200. The molecule has 0 bridgehead atoms. The van der Waals surface area contributed by atoms with Gasteiger partial charge in [0.15, 0.2) is 0 Å². The van der Waals surface area contributed by atoms with Crippen molar-refractivity contribution in [2.75, 3.05) is 7.11 Å². The molecule has 1 heteroatoms. The van der Waals surface area contributed by atoms with Crippen LogP contribution in [-0.2, 0) is 0 Å². The van der Waals surface area contributed by atoms with Crippen molar-refractivity contribution in [2.45, 2.75) is 6.92 Å². The summed E-state index contributed by atoms with van der Waals surface area (Å²) in [5.74, 6) is 0.888. The van der Waals surface area contributed by atoms with Crippen molar-refractivity contribution in [2.24, 2.45) is 0 Å². The Morgan fingerprint density at radius 1 is 1.45 bits per heavy atom. The monoisotopic (exact) mass is 147 g/mol. The molecule has 0 spiro atoms. The number of methoxy groups -OCH3 is 1. The van der Waals surface area contributed by atoms with Crippen molar-refractivity contribution in [3.05, 3.63) is 42.0 Å². The van der Waals surface area contributed by atoms with Gasteiger partial charge in [-0.25, -0.2) is 0 Å². The van der Waals surface area contributed by atoms with Gasteiger partial charge in [0.05, 0.1) is 7.11 Å². The van der Waals surface area contributed by atoms with E-state index in [0.29, 0.717) is 0 Å². The average Bonchev–Trinajstić information content (AvgIpc) is 2.05. The lowest BCUT2D eigenvalue weighted by molar-refractivity contribution is 0.411. The molecule has 1 rings (SSSR count). The van der Waals surface area contributed by atoms with Crippen LogP contribution in [0.15, 0.2) is 24.8 Å². The molecule has 0 N–H and O–H groups in total. The predicted molar refractivity (Wildman–Crippen MR) is 45.7 cm³/mol. The molecule has 0 saturated carbocycles. The number of hydrogen-bond acceptors (Lipinski definition) is 1. The Labute approximate surface area is 67.3 Å². The van der Waals surface area contributed by atoms with Gasteiger partial charge in [0, 0.05) is 0 Å². The molecule has 0 fully saturated rings. The summed E-state index contributed by atoms with van der Waals surface area (Å²) in [6.07, 6.45) is 2.84. The van der Waals surface area contributed by atoms with Gasteiger partial charge in [-0.1, -0.05) is 18.7 Å². The maximum atomic E-state index is 5.12. The van der Waals surface area contributed by atoms with Gasteiger partial charge >= 0.3 is 0 Å². The first-order valence-electron chi connectivity index (χ1n) is 3.46. The van der Waals surface area contributed by atoms with Crippen molar-refractivity contribution < 1.29 is 4.74 Å². The molecule has 0 aliphatic heterocycles. The molecule has 0 unspecified atom stereocenters. The third kappa shape index (κ3) is 1.43. The minimum Gasteiger partial charge on any atom is -0.496 e. The molecule has 0 aromatic heterocycles. The first-order chi connectivity index (χ1) is 5.29. The van der Waals surface area contributed by atoms with Crippen LogP contribution in [0.4, 0.5) is 0 Å². The van der Waals surface area contributed by atoms with Gasteiger partial charge in [-0.3, -0.25) is 0 Å². The number of hydrogen-bond donors (Lipinski definition) is 0. The number of benzene rings is 1. The van der Waals surface area contributed by atoms with E-state index >= 15 is 0 Å². The van der Waals surface area contributed by atoms with Gasteiger partial charge in [-0.2, -0.15) is 0 Å². The normalized spacial score (nSPS) is 9.27. The number of rotatable bonds is 2. The second-order valence-corrected chi connectivity index (χ2v) is 2.31. The second kappa shape index (κ2) is 3.24. The molecule has 0 aliphatic rings. The summed E-state index contributed by atoms with van der Waals surface area (Å²) in [4.78, 5) is 0. The zero-order valence-corrected chi connectivity index (χ0v) is 6.85. The van der Waals surface area contributed by atoms with E-state index in [1.165, 1.54) is 0 Å². The third-order valence-electron chi connectivity index (χ3n) is 1.69. The highest BCUT2D eigenvalue weighted by Crippen LogP contribution is 2.20. The summed E-state index contributed by atoms with van der Waals surface area (Å²) in [6.45, 7) is 5.58. The highest BCUT2D eigenvalue weighted by atomic mass is 16.5. The van der Waals surface area contributed by atoms with Crippen molar-refractivity contribution >= 4 is 0 Å². The molecule has 57 valence electrons. The fourth-order valence-corrected chi connectivity index (χ4v) is 1.03. The maximum absolute atomic E-state index is 5.12. The highest BCUT2D eigenvalue weighted by molar-refractivity contribution is 5.41. The summed E-state index contributed by atoms with van der Waals surface area (Å²) < 4.78 is 5.12. The minimum absolute atomic E-state index is 0.888. The van der Waals surface area contributed by atoms with Crippen molar-refractivity contribution in [3.63, 3.8) is 0 Å². The minimum atomic E-state index is 0.888. The molecule has 1 radical (unpaired) electrons. The second-order valence-electron chi connectivity index (χ2n) is 2.31. The van der Waals surface area contributed by atoms with Gasteiger partial charge in [-0.05, 0) is 30.2 Å². The molecule has 1 nitrogen and oxygen atoms in total. The lowest BCUT2D eigenvalue weighted by Gasteiger charge is -2.05. The lowest BCUT2D eigenvalue weighted by Crippen LogP contribution is -1.89. The maximum Gasteiger partial charge on any atom is 0.122 e. The standard InChI is InChI=1S/C10H11O/c1-4-9-6-5-7-10(11-3)8(9)2/h5-7H,1H2,2-3H3. The van der Waals surface area contributed by atoms with Gasteiger partial charge in [0.1, 0.15) is 5.75 Å². The van der Waals surface area contributed by atoms with Crippen LogP contribution in [0.1, 0.15) is 11.1 Å². The van der Waals surface area contributed by atoms with E-state index in [-0.39, 0.29) is 0 Å². The third-order valence-corrected chi connectivity index (χ3v) is 1.69. The lowest BCUT2D eigenvalue weighted by atomic mass is 10.1. The van der Waals surface area contributed by atoms with Crippen LogP contribution in [0.5, 0.6) is 5.75 Å². The molecule has 0 heterocycles. The van der Waals surface area contributed by atoms with Crippen LogP contribution in [0.3, 0.4) is 0 Å². The highest BCUT2D eigenvalue weighted by Gasteiger charge is 1.99. The van der Waals surface area contributed by atoms with E-state index in [9.17, 15) is 0 Å². The van der Waals surface area contributed by atoms with Crippen molar-refractivity contribution in [3.8, 4) is 5.75 Å². The van der Waals surface area contributed by atoms with Crippen LogP contribution < -0.4 is 4.74 Å². The first kappa shape index (κ1) is 7.86. The van der Waals surface area contributed by atoms with E-state index in [1.807, 2.05) is 25.1 Å². The van der Waals surface area contributed by atoms with E-state index < -0.39 is 0 Å². The average molecular weight is 147 g/mol. The van der Waals surface area contributed by atoms with Crippen molar-refractivity contribution in [1.82, 2.24) is 0 Å². The summed E-state index contributed by atoms with van der Waals surface area (Å²) in [7, 11) is 1.66. The van der Waals surface area contributed by atoms with Crippen molar-refractivity contribution in [1.29, 1.82) is 0 Å². The smallest absolute Gasteiger partial charge is 0.122 e. The fourth-order valence-electron chi connectivity index (χ4n) is 1.03. The first-order valence-corrected chi connectivity index (χ1v) is 3.46. The molecule has 0 atom stereocenters. The molecular weight excluding hydrogens is 136 g/mol. The zero-order valence-electron chi connectivity index (χ0n) is 6.85. The molecule has 11 heavy (non-hydrogen) atoms. The van der Waals surface area contributed by atoms with Gasteiger partial charge in [0.2, 0.25) is 0 Å².